The van der Waals surface area contributed by atoms with E-state index < -0.39 is 30.0 Å². The Morgan fingerprint density at radius 1 is 1.08 bits per heavy atom. The second kappa shape index (κ2) is 10.4. The summed E-state index contributed by atoms with van der Waals surface area (Å²) < 4.78 is 9.56. The SMILES string of the molecule is CCCC[C@H](N)C(=O)OC(=O)[C@H](N)COC(=O)CN(C)C(C)(C)C. The van der Waals surface area contributed by atoms with E-state index in [0.29, 0.717) is 6.42 Å². The van der Waals surface area contributed by atoms with Crippen LogP contribution >= 0.6 is 0 Å². The minimum absolute atomic E-state index is 0.0616. The molecule has 0 bridgehead atoms. The van der Waals surface area contributed by atoms with Crippen molar-refractivity contribution >= 4 is 17.9 Å². The number of esters is 3. The molecule has 0 rings (SSSR count). The molecule has 24 heavy (non-hydrogen) atoms. The van der Waals surface area contributed by atoms with Crippen LogP contribution in [-0.4, -0.2) is 60.6 Å². The molecule has 0 aliphatic rings. The monoisotopic (exact) mass is 345 g/mol. The van der Waals surface area contributed by atoms with Crippen LogP contribution in [0.2, 0.25) is 0 Å². The zero-order valence-electron chi connectivity index (χ0n) is 15.3. The van der Waals surface area contributed by atoms with Gasteiger partial charge < -0.3 is 20.9 Å². The van der Waals surface area contributed by atoms with E-state index in [0.717, 1.165) is 12.8 Å². The van der Waals surface area contributed by atoms with Crippen molar-refractivity contribution in [3.05, 3.63) is 0 Å². The summed E-state index contributed by atoms with van der Waals surface area (Å²) in [6.45, 7) is 7.54. The minimum atomic E-state index is -1.23. The quantitative estimate of drug-likeness (QED) is 0.448. The van der Waals surface area contributed by atoms with E-state index in [-0.39, 0.29) is 18.7 Å². The van der Waals surface area contributed by atoms with Crippen molar-refractivity contribution in [1.29, 1.82) is 0 Å². The molecular formula is C16H31N3O5. The molecule has 0 radical (unpaired) electrons. The first kappa shape index (κ1) is 22.5. The molecule has 4 N–H and O–H groups in total. The van der Waals surface area contributed by atoms with Gasteiger partial charge in [-0.2, -0.15) is 0 Å². The molecule has 0 amide bonds. The predicted octanol–water partition coefficient (Wildman–Crippen LogP) is 0.175. The zero-order valence-corrected chi connectivity index (χ0v) is 15.3. The number of rotatable bonds is 9. The number of hydrogen-bond acceptors (Lipinski definition) is 8. The molecule has 8 heteroatoms. The Kier molecular flexibility index (Phi) is 9.72. The first-order chi connectivity index (χ1) is 11.0. The Morgan fingerprint density at radius 2 is 1.62 bits per heavy atom. The van der Waals surface area contributed by atoms with Crippen LogP contribution in [0.5, 0.6) is 0 Å². The Balaban J connectivity index is 4.23. The molecule has 0 aromatic carbocycles. The van der Waals surface area contributed by atoms with Gasteiger partial charge in [-0.05, 0) is 34.2 Å². The second-order valence-electron chi connectivity index (χ2n) is 6.81. The molecule has 0 fully saturated rings. The van der Waals surface area contributed by atoms with Gasteiger partial charge in [0.25, 0.3) is 0 Å². The summed E-state index contributed by atoms with van der Waals surface area (Å²) in [4.78, 5) is 36.8. The smallest absolute Gasteiger partial charge is 0.334 e. The highest BCUT2D eigenvalue weighted by atomic mass is 16.6. The maximum absolute atomic E-state index is 11.7. The van der Waals surface area contributed by atoms with Gasteiger partial charge in [0.2, 0.25) is 0 Å². The number of likely N-dealkylation sites (N-methyl/N-ethyl adjacent to an activating group) is 1. The molecule has 0 saturated carbocycles. The lowest BCUT2D eigenvalue weighted by Gasteiger charge is -2.30. The van der Waals surface area contributed by atoms with Crippen molar-refractivity contribution in [2.24, 2.45) is 11.5 Å². The van der Waals surface area contributed by atoms with E-state index in [2.05, 4.69) is 4.74 Å². The van der Waals surface area contributed by atoms with Crippen LogP contribution in [0.1, 0.15) is 47.0 Å². The van der Waals surface area contributed by atoms with Crippen molar-refractivity contribution in [2.75, 3.05) is 20.2 Å². The summed E-state index contributed by atoms with van der Waals surface area (Å²) in [7, 11) is 1.78. The summed E-state index contributed by atoms with van der Waals surface area (Å²) >= 11 is 0. The lowest BCUT2D eigenvalue weighted by atomic mass is 10.1. The van der Waals surface area contributed by atoms with Gasteiger partial charge in [-0.1, -0.05) is 19.8 Å². The Labute approximate surface area is 143 Å². The average Bonchev–Trinajstić information content (AvgIpc) is 2.48. The highest BCUT2D eigenvalue weighted by molar-refractivity contribution is 5.90. The molecule has 0 aromatic rings. The van der Waals surface area contributed by atoms with Crippen LogP contribution in [0.15, 0.2) is 0 Å². The summed E-state index contributed by atoms with van der Waals surface area (Å²) in [5, 5.41) is 0. The van der Waals surface area contributed by atoms with Crippen molar-refractivity contribution in [1.82, 2.24) is 4.90 Å². The Morgan fingerprint density at radius 3 is 2.12 bits per heavy atom. The van der Waals surface area contributed by atoms with Gasteiger partial charge in [-0.25, -0.2) is 9.59 Å². The zero-order chi connectivity index (χ0) is 18.9. The van der Waals surface area contributed by atoms with Gasteiger partial charge in [0, 0.05) is 5.54 Å². The van der Waals surface area contributed by atoms with E-state index in [4.69, 9.17) is 16.2 Å². The Hall–Kier alpha value is -1.51. The molecule has 140 valence electrons. The van der Waals surface area contributed by atoms with Gasteiger partial charge in [-0.3, -0.25) is 9.69 Å². The van der Waals surface area contributed by atoms with Crippen LogP contribution < -0.4 is 11.5 Å². The lowest BCUT2D eigenvalue weighted by Crippen LogP contribution is -2.44. The van der Waals surface area contributed by atoms with Gasteiger partial charge in [-0.15, -0.1) is 0 Å². The number of carbonyl (C=O) groups is 3. The molecule has 0 saturated heterocycles. The topological polar surface area (TPSA) is 125 Å². The molecule has 0 spiro atoms. The molecule has 0 heterocycles. The number of nitrogens with two attached hydrogens (primary N) is 2. The molecule has 0 aliphatic carbocycles. The van der Waals surface area contributed by atoms with Crippen molar-refractivity contribution < 1.29 is 23.9 Å². The normalized spacial score (nSPS) is 14.2. The van der Waals surface area contributed by atoms with Crippen LogP contribution in [0.25, 0.3) is 0 Å². The Bertz CT molecular complexity index is 434. The minimum Gasteiger partial charge on any atom is -0.462 e. The van der Waals surface area contributed by atoms with Crippen molar-refractivity contribution in [3.8, 4) is 0 Å². The summed E-state index contributed by atoms with van der Waals surface area (Å²) in [5.41, 5.74) is 11.0. The second-order valence-corrected chi connectivity index (χ2v) is 6.81. The van der Waals surface area contributed by atoms with Crippen LogP contribution in [0.4, 0.5) is 0 Å². The fraction of sp³-hybridized carbons (Fsp3) is 0.812. The fourth-order valence-electron chi connectivity index (χ4n) is 1.52. The summed E-state index contributed by atoms with van der Waals surface area (Å²) in [6.07, 6.45) is 2.08. The lowest BCUT2D eigenvalue weighted by molar-refractivity contribution is -0.163. The largest absolute Gasteiger partial charge is 0.462 e. The van der Waals surface area contributed by atoms with Crippen LogP contribution in [-0.2, 0) is 23.9 Å². The van der Waals surface area contributed by atoms with Gasteiger partial charge in [0.15, 0.2) is 0 Å². The van der Waals surface area contributed by atoms with Gasteiger partial charge in [0.05, 0.1) is 6.54 Å². The third kappa shape index (κ3) is 8.95. The maximum Gasteiger partial charge on any atom is 0.334 e. The third-order valence-electron chi connectivity index (χ3n) is 3.61. The summed E-state index contributed by atoms with van der Waals surface area (Å²) in [5.74, 6) is -2.28. The van der Waals surface area contributed by atoms with Crippen molar-refractivity contribution in [3.63, 3.8) is 0 Å². The van der Waals surface area contributed by atoms with Gasteiger partial charge >= 0.3 is 17.9 Å². The van der Waals surface area contributed by atoms with E-state index in [9.17, 15) is 14.4 Å². The molecule has 2 atom stereocenters. The number of carbonyl (C=O) groups excluding carboxylic acids is 3. The summed E-state index contributed by atoms with van der Waals surface area (Å²) in [6, 6.07) is -2.08. The van der Waals surface area contributed by atoms with E-state index in [1.807, 2.05) is 27.7 Å². The van der Waals surface area contributed by atoms with Crippen LogP contribution in [0.3, 0.4) is 0 Å². The fourth-order valence-corrected chi connectivity index (χ4v) is 1.52. The van der Waals surface area contributed by atoms with Crippen molar-refractivity contribution in [2.45, 2.75) is 64.6 Å². The van der Waals surface area contributed by atoms with E-state index in [1.54, 1.807) is 11.9 Å². The molecule has 0 aliphatic heterocycles. The first-order valence-corrected chi connectivity index (χ1v) is 8.12. The number of unbranched alkanes of at least 4 members (excludes halogenated alkanes) is 1. The predicted molar refractivity (Wildman–Crippen MR) is 89.9 cm³/mol. The standard InChI is InChI=1S/C16H31N3O5/c1-6-7-8-11(17)14(21)24-15(22)12(18)10-23-13(20)9-19(5)16(2,3)4/h11-12H,6-10,17-18H2,1-5H3/t11-,12+/m0/s1. The van der Waals surface area contributed by atoms with Crippen LogP contribution in [0, 0.1) is 0 Å². The highest BCUT2D eigenvalue weighted by Gasteiger charge is 2.25. The number of hydrogen-bond donors (Lipinski definition) is 2. The average molecular weight is 345 g/mol. The molecule has 0 aromatic heterocycles. The molecular weight excluding hydrogens is 314 g/mol. The van der Waals surface area contributed by atoms with Gasteiger partial charge in [0.1, 0.15) is 18.7 Å². The number of ether oxygens (including phenoxy) is 2. The maximum atomic E-state index is 11.7. The third-order valence-corrected chi connectivity index (χ3v) is 3.61. The molecule has 0 unspecified atom stereocenters. The first-order valence-electron chi connectivity index (χ1n) is 8.12. The number of nitrogens with zero attached hydrogens (tertiary/aromatic N) is 1. The van der Waals surface area contributed by atoms with E-state index >= 15 is 0 Å². The molecule has 8 nitrogen and oxygen atoms in total. The highest BCUT2D eigenvalue weighted by Crippen LogP contribution is 2.09. The van der Waals surface area contributed by atoms with E-state index in [1.165, 1.54) is 0 Å².